The van der Waals surface area contributed by atoms with Crippen molar-refractivity contribution in [3.8, 4) is 0 Å². The Morgan fingerprint density at radius 3 is 2.72 bits per heavy atom. The van der Waals surface area contributed by atoms with E-state index in [4.69, 9.17) is 0 Å². The van der Waals surface area contributed by atoms with Crippen LogP contribution in [0.3, 0.4) is 0 Å². The van der Waals surface area contributed by atoms with Gasteiger partial charge < -0.3 is 16.0 Å². The van der Waals surface area contributed by atoms with Gasteiger partial charge in [-0.3, -0.25) is 14.7 Å². The molecule has 0 aliphatic carbocycles. The van der Waals surface area contributed by atoms with Crippen LogP contribution >= 0.6 is 39.9 Å². The average Bonchev–Trinajstić information content (AvgIpc) is 2.87. The number of amides is 3. The molecule has 138 valence electrons. The highest BCUT2D eigenvalue weighted by molar-refractivity contribution is 14.0. The van der Waals surface area contributed by atoms with Crippen molar-refractivity contribution in [1.29, 1.82) is 0 Å². The van der Waals surface area contributed by atoms with Crippen LogP contribution in [0.2, 0.25) is 0 Å². The summed E-state index contributed by atoms with van der Waals surface area (Å²) in [5.41, 5.74) is 1.12. The second-order valence-corrected chi connectivity index (χ2v) is 6.21. The highest BCUT2D eigenvalue weighted by atomic mass is 127. The van der Waals surface area contributed by atoms with E-state index in [0.717, 1.165) is 16.6 Å². The summed E-state index contributed by atoms with van der Waals surface area (Å²) < 4.78 is 1.03. The van der Waals surface area contributed by atoms with Crippen molar-refractivity contribution in [3.63, 3.8) is 0 Å². The summed E-state index contributed by atoms with van der Waals surface area (Å²) in [7, 11) is 0. The molecule has 3 N–H and O–H groups in total. The molecule has 2 rings (SSSR count). The number of carbonyl (C=O) groups excluding carboxylic acids is 2. The van der Waals surface area contributed by atoms with E-state index in [2.05, 4.69) is 36.9 Å². The Kier molecular flexibility index (Phi) is 9.19. The van der Waals surface area contributed by atoms with Gasteiger partial charge in [0.25, 0.3) is 0 Å². The fourth-order valence-electron chi connectivity index (χ4n) is 2.37. The average molecular weight is 524 g/mol. The molecule has 0 spiro atoms. The Morgan fingerprint density at radius 1 is 1.40 bits per heavy atom. The Morgan fingerprint density at radius 2 is 2.12 bits per heavy atom. The maximum absolute atomic E-state index is 11.5. The number of carbonyl (C=O) groups is 2. The number of urea groups is 1. The van der Waals surface area contributed by atoms with Crippen molar-refractivity contribution in [1.82, 2.24) is 20.9 Å². The highest BCUT2D eigenvalue weighted by Gasteiger charge is 2.27. The Balaban J connectivity index is 0.00000312. The molecule has 1 heterocycles. The number of guanidine groups is 1. The van der Waals surface area contributed by atoms with Crippen LogP contribution in [-0.4, -0.2) is 49.0 Å². The van der Waals surface area contributed by atoms with Gasteiger partial charge in [-0.2, -0.15) is 0 Å². The van der Waals surface area contributed by atoms with Crippen molar-refractivity contribution in [2.75, 3.05) is 26.2 Å². The lowest BCUT2D eigenvalue weighted by Gasteiger charge is -2.19. The minimum atomic E-state index is -0.352. The lowest BCUT2D eigenvalue weighted by molar-refractivity contribution is -0.124. The summed E-state index contributed by atoms with van der Waals surface area (Å²) in [4.78, 5) is 28.7. The van der Waals surface area contributed by atoms with Crippen molar-refractivity contribution in [3.05, 3.63) is 34.3 Å². The molecular weight excluding hydrogens is 501 g/mol. The van der Waals surface area contributed by atoms with Crippen LogP contribution in [0.15, 0.2) is 33.7 Å². The van der Waals surface area contributed by atoms with Gasteiger partial charge >= 0.3 is 6.03 Å². The van der Waals surface area contributed by atoms with E-state index in [1.54, 1.807) is 0 Å². The SMILES string of the molecule is CCNC(=NCCN1C(=O)CNC1=O)NC(C)c1ccccc1Br.I. The molecule has 0 bridgehead atoms. The summed E-state index contributed by atoms with van der Waals surface area (Å²) >= 11 is 3.55. The molecule has 1 fully saturated rings. The Labute approximate surface area is 173 Å². The number of nitrogens with one attached hydrogen (secondary N) is 3. The van der Waals surface area contributed by atoms with Gasteiger partial charge in [0.2, 0.25) is 5.91 Å². The lowest BCUT2D eigenvalue weighted by Crippen LogP contribution is -2.40. The van der Waals surface area contributed by atoms with E-state index >= 15 is 0 Å². The predicted octanol–water partition coefficient (Wildman–Crippen LogP) is 2.24. The molecule has 25 heavy (non-hydrogen) atoms. The maximum atomic E-state index is 11.5. The third kappa shape index (κ3) is 6.14. The lowest BCUT2D eigenvalue weighted by atomic mass is 10.1. The standard InChI is InChI=1S/C16H22BrN5O2.HI/c1-3-18-15(19-8-9-22-14(23)10-20-16(22)24)21-11(2)12-6-4-5-7-13(12)17;/h4-7,11H,3,8-10H2,1-2H3,(H,20,24)(H2,18,19,21);1H. The smallest absolute Gasteiger partial charge is 0.324 e. The van der Waals surface area contributed by atoms with Crippen LogP contribution in [0.4, 0.5) is 4.79 Å². The molecule has 1 atom stereocenters. The first-order chi connectivity index (χ1) is 11.5. The molecule has 0 aromatic heterocycles. The minimum Gasteiger partial charge on any atom is -0.357 e. The van der Waals surface area contributed by atoms with Crippen molar-refractivity contribution >= 4 is 57.8 Å². The number of nitrogens with zero attached hydrogens (tertiary/aromatic N) is 2. The highest BCUT2D eigenvalue weighted by Crippen LogP contribution is 2.22. The molecule has 1 aromatic rings. The zero-order valence-corrected chi connectivity index (χ0v) is 18.1. The number of hydrogen-bond donors (Lipinski definition) is 3. The minimum absolute atomic E-state index is 0. The molecule has 7 nitrogen and oxygen atoms in total. The summed E-state index contributed by atoms with van der Waals surface area (Å²) in [6.07, 6.45) is 0. The van der Waals surface area contributed by atoms with Gasteiger partial charge in [-0.1, -0.05) is 34.1 Å². The van der Waals surface area contributed by atoms with E-state index in [1.165, 1.54) is 4.90 Å². The van der Waals surface area contributed by atoms with Crippen LogP contribution in [-0.2, 0) is 4.79 Å². The number of rotatable bonds is 6. The zero-order chi connectivity index (χ0) is 17.5. The number of imide groups is 1. The first-order valence-electron chi connectivity index (χ1n) is 7.90. The molecule has 0 saturated carbocycles. The van der Waals surface area contributed by atoms with Gasteiger partial charge in [0.1, 0.15) is 0 Å². The quantitative estimate of drug-likeness (QED) is 0.231. The van der Waals surface area contributed by atoms with Gasteiger partial charge in [-0.05, 0) is 25.5 Å². The third-order valence-electron chi connectivity index (χ3n) is 3.60. The van der Waals surface area contributed by atoms with Crippen LogP contribution in [0.25, 0.3) is 0 Å². The van der Waals surface area contributed by atoms with Crippen LogP contribution in [0.5, 0.6) is 0 Å². The second-order valence-electron chi connectivity index (χ2n) is 5.35. The number of hydrogen-bond acceptors (Lipinski definition) is 3. The second kappa shape index (κ2) is 10.6. The molecule has 1 aromatic carbocycles. The number of aliphatic imine (C=N–C) groups is 1. The van der Waals surface area contributed by atoms with Gasteiger partial charge in [0.05, 0.1) is 25.7 Å². The normalized spacial score (nSPS) is 15.5. The van der Waals surface area contributed by atoms with E-state index in [9.17, 15) is 9.59 Å². The monoisotopic (exact) mass is 523 g/mol. The maximum Gasteiger partial charge on any atom is 0.324 e. The van der Waals surface area contributed by atoms with E-state index in [-0.39, 0.29) is 55.0 Å². The van der Waals surface area contributed by atoms with Crippen molar-refractivity contribution in [2.45, 2.75) is 19.9 Å². The van der Waals surface area contributed by atoms with Gasteiger partial charge in [-0.15, -0.1) is 24.0 Å². The fraction of sp³-hybridized carbons (Fsp3) is 0.438. The summed E-state index contributed by atoms with van der Waals surface area (Å²) in [5, 5.41) is 8.99. The third-order valence-corrected chi connectivity index (χ3v) is 4.32. The van der Waals surface area contributed by atoms with E-state index in [0.29, 0.717) is 12.5 Å². The molecule has 1 aliphatic rings. The molecule has 0 radical (unpaired) electrons. The van der Waals surface area contributed by atoms with Crippen molar-refractivity contribution < 1.29 is 9.59 Å². The first kappa shape index (κ1) is 21.7. The van der Waals surface area contributed by atoms with Gasteiger partial charge in [0, 0.05) is 11.0 Å². The van der Waals surface area contributed by atoms with Crippen molar-refractivity contribution in [2.24, 2.45) is 4.99 Å². The van der Waals surface area contributed by atoms with Crippen LogP contribution < -0.4 is 16.0 Å². The topological polar surface area (TPSA) is 85.8 Å². The number of halogens is 2. The van der Waals surface area contributed by atoms with E-state index in [1.807, 2.05) is 38.1 Å². The molecule has 1 aliphatic heterocycles. The Bertz CT molecular complexity index is 625. The zero-order valence-electron chi connectivity index (χ0n) is 14.2. The molecular formula is C16H23BrIN5O2. The molecule has 3 amide bonds. The number of benzene rings is 1. The molecule has 1 saturated heterocycles. The van der Waals surface area contributed by atoms with E-state index < -0.39 is 0 Å². The molecule has 1 unspecified atom stereocenters. The van der Waals surface area contributed by atoms with Gasteiger partial charge in [-0.25, -0.2) is 4.79 Å². The summed E-state index contributed by atoms with van der Waals surface area (Å²) in [6.45, 7) is 5.43. The Hall–Kier alpha value is -1.36. The van der Waals surface area contributed by atoms with Gasteiger partial charge in [0.15, 0.2) is 5.96 Å². The largest absolute Gasteiger partial charge is 0.357 e. The van der Waals surface area contributed by atoms with Crippen LogP contribution in [0, 0.1) is 0 Å². The molecule has 9 heteroatoms. The first-order valence-corrected chi connectivity index (χ1v) is 8.69. The predicted molar refractivity (Wildman–Crippen MR) is 112 cm³/mol. The summed E-state index contributed by atoms with van der Waals surface area (Å²) in [5.74, 6) is 0.433. The fourth-order valence-corrected chi connectivity index (χ4v) is 3.00. The summed E-state index contributed by atoms with van der Waals surface area (Å²) in [6, 6.07) is 7.69. The van der Waals surface area contributed by atoms with Crippen LogP contribution in [0.1, 0.15) is 25.5 Å².